The number of hydrogen-bond acceptors (Lipinski definition) is 2. The number of ether oxygens (including phenoxy) is 1. The SMILES string of the molecule is CN(C)C(=S)Oc1cccc2c1-c1c(ccc3c1-c1c(ccc4ccccc14)CC3)CC2. The summed E-state index contributed by atoms with van der Waals surface area (Å²) in [4.78, 5) is 1.85. The van der Waals surface area contributed by atoms with Gasteiger partial charge in [-0.05, 0) is 93.7 Å². The first kappa shape index (κ1) is 19.5. The molecule has 0 N–H and O–H groups in total. The van der Waals surface area contributed by atoms with Crippen molar-refractivity contribution in [2.75, 3.05) is 14.1 Å². The molecule has 0 atom stereocenters. The molecule has 0 aliphatic heterocycles. The first-order chi connectivity index (χ1) is 15.6. The average Bonchev–Trinajstić information content (AvgIpc) is 2.83. The van der Waals surface area contributed by atoms with E-state index in [0.29, 0.717) is 5.17 Å². The summed E-state index contributed by atoms with van der Waals surface area (Å²) in [6.07, 6.45) is 4.23. The highest BCUT2D eigenvalue weighted by molar-refractivity contribution is 7.80. The van der Waals surface area contributed by atoms with E-state index in [4.69, 9.17) is 17.0 Å². The Hall–Kier alpha value is -3.17. The molecule has 0 aromatic heterocycles. The number of aryl methyl sites for hydroxylation is 4. The normalized spacial score (nSPS) is 13.6. The molecule has 3 heteroatoms. The zero-order valence-corrected chi connectivity index (χ0v) is 19.3. The molecule has 0 heterocycles. The molecule has 0 spiro atoms. The van der Waals surface area contributed by atoms with Gasteiger partial charge in [-0.1, -0.05) is 60.7 Å². The molecule has 4 aromatic rings. The second-order valence-corrected chi connectivity index (χ2v) is 9.36. The Morgan fingerprint density at radius 2 is 1.25 bits per heavy atom. The highest BCUT2D eigenvalue weighted by Crippen LogP contribution is 2.50. The third-order valence-electron chi connectivity index (χ3n) is 6.90. The van der Waals surface area contributed by atoms with E-state index in [0.717, 1.165) is 31.4 Å². The Morgan fingerprint density at radius 1 is 0.656 bits per heavy atom. The summed E-state index contributed by atoms with van der Waals surface area (Å²) in [6.45, 7) is 0. The second kappa shape index (κ2) is 7.46. The summed E-state index contributed by atoms with van der Waals surface area (Å²) in [6, 6.07) is 24.5. The van der Waals surface area contributed by atoms with Crippen molar-refractivity contribution in [1.82, 2.24) is 4.90 Å². The van der Waals surface area contributed by atoms with Gasteiger partial charge < -0.3 is 9.64 Å². The monoisotopic (exact) mass is 435 g/mol. The van der Waals surface area contributed by atoms with Crippen LogP contribution in [0.3, 0.4) is 0 Å². The zero-order chi connectivity index (χ0) is 21.8. The molecule has 0 amide bonds. The first-order valence-corrected chi connectivity index (χ1v) is 11.7. The lowest BCUT2D eigenvalue weighted by atomic mass is 9.74. The van der Waals surface area contributed by atoms with E-state index >= 15 is 0 Å². The van der Waals surface area contributed by atoms with Gasteiger partial charge in [-0.25, -0.2) is 0 Å². The third-order valence-corrected chi connectivity index (χ3v) is 7.34. The molecule has 0 bridgehead atoms. The molecule has 0 radical (unpaired) electrons. The number of hydrogen-bond donors (Lipinski definition) is 0. The van der Waals surface area contributed by atoms with Crippen molar-refractivity contribution in [3.8, 4) is 28.0 Å². The number of benzene rings is 4. The maximum absolute atomic E-state index is 6.25. The highest BCUT2D eigenvalue weighted by Gasteiger charge is 2.29. The van der Waals surface area contributed by atoms with Crippen LogP contribution in [0.5, 0.6) is 5.75 Å². The van der Waals surface area contributed by atoms with Crippen molar-refractivity contribution in [2.45, 2.75) is 25.7 Å². The van der Waals surface area contributed by atoms with Crippen molar-refractivity contribution in [1.29, 1.82) is 0 Å². The van der Waals surface area contributed by atoms with Gasteiger partial charge in [-0.3, -0.25) is 0 Å². The van der Waals surface area contributed by atoms with Crippen LogP contribution in [-0.4, -0.2) is 24.2 Å². The molecular formula is C29H25NOS. The van der Waals surface area contributed by atoms with Crippen molar-refractivity contribution >= 4 is 28.2 Å². The van der Waals surface area contributed by atoms with Crippen LogP contribution in [0, 0.1) is 0 Å². The fourth-order valence-corrected chi connectivity index (χ4v) is 5.46. The van der Waals surface area contributed by atoms with Gasteiger partial charge in [0, 0.05) is 19.7 Å². The molecule has 4 aromatic carbocycles. The van der Waals surface area contributed by atoms with E-state index in [1.54, 1.807) is 0 Å². The molecule has 2 nitrogen and oxygen atoms in total. The van der Waals surface area contributed by atoms with E-state index in [-0.39, 0.29) is 0 Å². The van der Waals surface area contributed by atoms with E-state index in [2.05, 4.69) is 66.7 Å². The Bertz CT molecular complexity index is 1400. The molecule has 0 unspecified atom stereocenters. The van der Waals surface area contributed by atoms with Gasteiger partial charge >= 0.3 is 0 Å². The smallest absolute Gasteiger partial charge is 0.264 e. The fourth-order valence-electron chi connectivity index (χ4n) is 5.37. The molecule has 0 saturated heterocycles. The van der Waals surface area contributed by atoms with Crippen molar-refractivity contribution < 1.29 is 4.74 Å². The Labute approximate surface area is 194 Å². The number of rotatable bonds is 1. The van der Waals surface area contributed by atoms with Crippen LogP contribution in [0.25, 0.3) is 33.0 Å². The van der Waals surface area contributed by atoms with Gasteiger partial charge in [0.25, 0.3) is 5.17 Å². The predicted molar refractivity (Wildman–Crippen MR) is 137 cm³/mol. The lowest BCUT2D eigenvalue weighted by molar-refractivity contribution is 0.450. The minimum Gasteiger partial charge on any atom is -0.431 e. The second-order valence-electron chi connectivity index (χ2n) is 9.01. The average molecular weight is 436 g/mol. The summed E-state index contributed by atoms with van der Waals surface area (Å²) in [5, 5.41) is 3.13. The molecular weight excluding hydrogens is 410 g/mol. The van der Waals surface area contributed by atoms with E-state index < -0.39 is 0 Å². The highest BCUT2D eigenvalue weighted by atomic mass is 32.1. The topological polar surface area (TPSA) is 12.5 Å². The minimum absolute atomic E-state index is 0.487. The molecule has 32 heavy (non-hydrogen) atoms. The van der Waals surface area contributed by atoms with Gasteiger partial charge in [0.15, 0.2) is 0 Å². The lowest BCUT2D eigenvalue weighted by Gasteiger charge is -2.30. The van der Waals surface area contributed by atoms with Crippen LogP contribution in [0.1, 0.15) is 22.3 Å². The van der Waals surface area contributed by atoms with Crippen LogP contribution in [0.4, 0.5) is 0 Å². The van der Waals surface area contributed by atoms with Crippen LogP contribution < -0.4 is 4.74 Å². The minimum atomic E-state index is 0.487. The molecule has 0 fully saturated rings. The van der Waals surface area contributed by atoms with Crippen LogP contribution in [0.2, 0.25) is 0 Å². The summed E-state index contributed by atoms with van der Waals surface area (Å²) in [5.41, 5.74) is 11.0. The quantitative estimate of drug-likeness (QED) is 0.313. The standard InChI is InChI=1S/C29H25NOS/c1-30(2)29(32)31-24-9-5-7-19-12-14-22-17-16-21-15-13-20-11-10-18-6-3-4-8-23(18)25(20)27(21)28(22)26(19)24/h3-11,16-17H,12-15H2,1-2H3. The Morgan fingerprint density at radius 3 is 1.97 bits per heavy atom. The van der Waals surface area contributed by atoms with E-state index in [9.17, 15) is 0 Å². The van der Waals surface area contributed by atoms with Crippen LogP contribution >= 0.6 is 12.2 Å². The summed E-state index contributed by atoms with van der Waals surface area (Å²) >= 11 is 5.51. The third kappa shape index (κ3) is 2.96. The van der Waals surface area contributed by atoms with Gasteiger partial charge in [-0.15, -0.1) is 0 Å². The summed E-state index contributed by atoms with van der Waals surface area (Å²) < 4.78 is 6.25. The first-order valence-electron chi connectivity index (χ1n) is 11.3. The van der Waals surface area contributed by atoms with Gasteiger partial charge in [0.2, 0.25) is 0 Å². The van der Waals surface area contributed by atoms with Crippen molar-refractivity contribution in [3.63, 3.8) is 0 Å². The number of nitrogens with zero attached hydrogens (tertiary/aromatic N) is 1. The zero-order valence-electron chi connectivity index (χ0n) is 18.4. The lowest BCUT2D eigenvalue weighted by Crippen LogP contribution is -2.25. The van der Waals surface area contributed by atoms with Crippen LogP contribution in [-0.2, 0) is 25.7 Å². The fraction of sp³-hybridized carbons (Fsp3) is 0.207. The van der Waals surface area contributed by atoms with Crippen molar-refractivity contribution in [2.24, 2.45) is 0 Å². The van der Waals surface area contributed by atoms with Gasteiger partial charge in [0.1, 0.15) is 5.75 Å². The molecule has 0 saturated carbocycles. The molecule has 6 rings (SSSR count). The van der Waals surface area contributed by atoms with E-state index in [1.807, 2.05) is 19.0 Å². The largest absolute Gasteiger partial charge is 0.431 e. The molecule has 158 valence electrons. The predicted octanol–water partition coefficient (Wildman–Crippen LogP) is 6.60. The maximum atomic E-state index is 6.25. The van der Waals surface area contributed by atoms with Crippen molar-refractivity contribution in [3.05, 3.63) is 89.0 Å². The maximum Gasteiger partial charge on any atom is 0.264 e. The number of fused-ring (bicyclic) bond motifs is 9. The number of thiocarbonyl (C=S) groups is 1. The Balaban J connectivity index is 1.67. The summed E-state index contributed by atoms with van der Waals surface area (Å²) in [7, 11) is 3.85. The van der Waals surface area contributed by atoms with E-state index in [1.165, 1.54) is 55.3 Å². The van der Waals surface area contributed by atoms with Gasteiger partial charge in [-0.2, -0.15) is 0 Å². The summed E-state index contributed by atoms with van der Waals surface area (Å²) in [5.74, 6) is 0.864. The Kier molecular flexibility index (Phi) is 4.55. The molecule has 2 aliphatic rings. The van der Waals surface area contributed by atoms with Crippen LogP contribution in [0.15, 0.2) is 66.7 Å². The van der Waals surface area contributed by atoms with Gasteiger partial charge in [0.05, 0.1) is 0 Å². The molecule has 2 aliphatic carbocycles.